The van der Waals surface area contributed by atoms with Crippen LogP contribution in [0.2, 0.25) is 0 Å². The number of likely N-dealkylation sites (tertiary alicyclic amines) is 1. The number of unbranched alkanes of at least 4 members (excludes halogenated alkanes) is 2. The Morgan fingerprint density at radius 1 is 0.919 bits per heavy atom. The van der Waals surface area contributed by atoms with Crippen LogP contribution in [0.15, 0.2) is 24.3 Å². The molecule has 1 aliphatic rings. The molecule has 0 unspecified atom stereocenters. The lowest BCUT2D eigenvalue weighted by Crippen LogP contribution is -2.48. The van der Waals surface area contributed by atoms with Crippen LogP contribution in [0.25, 0.3) is 0 Å². The fourth-order valence-corrected chi connectivity index (χ4v) is 3.80. The van der Waals surface area contributed by atoms with Gasteiger partial charge in [0.05, 0.1) is 18.2 Å². The molecule has 14 heteroatoms. The van der Waals surface area contributed by atoms with Gasteiger partial charge in [-0.15, -0.1) is 0 Å². The third kappa shape index (κ3) is 10.9. The van der Waals surface area contributed by atoms with Crippen LogP contribution < -0.4 is 21.5 Å². The monoisotopic (exact) mass is 519 g/mol. The molecule has 7 N–H and O–H groups in total. The third-order valence-corrected chi connectivity index (χ3v) is 5.83. The number of amides is 4. The summed E-state index contributed by atoms with van der Waals surface area (Å²) in [7, 11) is -1.62. The number of carbonyl (C=O) groups excluding carboxylic acids is 4. The Bertz CT molecular complexity index is 944. The van der Waals surface area contributed by atoms with Crippen LogP contribution >= 0.6 is 0 Å². The number of carboxylic acid groups (broad SMARTS) is 1. The standard InChI is InChI=1S/C23H34BN5O8/c30-19(25-13-3-1-2-6-22(33)34)11-12-20(31)28-27-17-9-7-16(8-10-17)23(35)26-15-21(32)29-14-4-5-18(29)24(36)37/h7-10,18,27,36-37H,1-6,11-15H2,(H,25,30)(H,26,35)(H,28,31)(H,33,34)/t18-/m0/s1. The number of hydrogen-bond acceptors (Lipinski definition) is 8. The zero-order valence-electron chi connectivity index (χ0n) is 20.6. The van der Waals surface area contributed by atoms with Crippen LogP contribution in [0.3, 0.4) is 0 Å². The Kier molecular flexibility index (Phi) is 12.4. The Hall–Kier alpha value is -3.65. The lowest BCUT2D eigenvalue weighted by molar-refractivity contribution is -0.137. The largest absolute Gasteiger partial charge is 0.481 e. The molecule has 1 aromatic carbocycles. The van der Waals surface area contributed by atoms with Crippen molar-refractivity contribution in [2.45, 2.75) is 57.3 Å². The average Bonchev–Trinajstić information content (AvgIpc) is 3.37. The topological polar surface area (TPSA) is 197 Å². The summed E-state index contributed by atoms with van der Waals surface area (Å²) in [6, 6.07) is 6.14. The highest BCUT2D eigenvalue weighted by atomic mass is 16.4. The lowest BCUT2D eigenvalue weighted by Gasteiger charge is -2.24. The first-order valence-electron chi connectivity index (χ1n) is 12.2. The van der Waals surface area contributed by atoms with Crippen molar-refractivity contribution in [3.8, 4) is 0 Å². The first-order valence-corrected chi connectivity index (χ1v) is 12.2. The van der Waals surface area contributed by atoms with Crippen molar-refractivity contribution in [2.24, 2.45) is 0 Å². The van der Waals surface area contributed by atoms with Gasteiger partial charge in [-0.2, -0.15) is 0 Å². The predicted octanol–water partition coefficient (Wildman–Crippen LogP) is -0.596. The fraction of sp³-hybridized carbons (Fsp3) is 0.522. The lowest BCUT2D eigenvalue weighted by atomic mass is 9.78. The molecule has 0 aliphatic carbocycles. The van der Waals surface area contributed by atoms with E-state index in [1.165, 1.54) is 17.0 Å². The molecule has 0 spiro atoms. The molecule has 0 saturated carbocycles. The SMILES string of the molecule is O=C(O)CCCCCNC(=O)CCC(=O)NNc1ccc(C(=O)NCC(=O)N2CCC[C@H]2B(O)O)cc1. The van der Waals surface area contributed by atoms with E-state index in [1.54, 1.807) is 12.1 Å². The van der Waals surface area contributed by atoms with Crippen molar-refractivity contribution in [3.05, 3.63) is 29.8 Å². The van der Waals surface area contributed by atoms with Crippen LogP contribution in [0.4, 0.5) is 5.69 Å². The van der Waals surface area contributed by atoms with Crippen molar-refractivity contribution in [1.82, 2.24) is 21.0 Å². The molecule has 1 fully saturated rings. The molecule has 1 saturated heterocycles. The minimum atomic E-state index is -1.62. The van der Waals surface area contributed by atoms with Gasteiger partial charge in [0.2, 0.25) is 17.7 Å². The normalized spacial score (nSPS) is 14.5. The molecular formula is C23H34BN5O8. The van der Waals surface area contributed by atoms with Crippen molar-refractivity contribution in [2.75, 3.05) is 25.1 Å². The van der Waals surface area contributed by atoms with Gasteiger partial charge in [-0.25, -0.2) is 0 Å². The highest BCUT2D eigenvalue weighted by Crippen LogP contribution is 2.18. The van der Waals surface area contributed by atoms with Gasteiger partial charge in [0.1, 0.15) is 0 Å². The van der Waals surface area contributed by atoms with Crippen LogP contribution in [0.1, 0.15) is 61.7 Å². The molecule has 0 aromatic heterocycles. The average molecular weight is 519 g/mol. The molecule has 4 amide bonds. The van der Waals surface area contributed by atoms with E-state index in [-0.39, 0.29) is 31.7 Å². The molecule has 1 aromatic rings. The van der Waals surface area contributed by atoms with Gasteiger partial charge in [-0.1, -0.05) is 6.42 Å². The number of nitrogens with one attached hydrogen (secondary N) is 4. The van der Waals surface area contributed by atoms with E-state index in [9.17, 15) is 34.0 Å². The van der Waals surface area contributed by atoms with E-state index < -0.39 is 36.8 Å². The number of carboxylic acids is 1. The number of benzene rings is 1. The molecule has 0 radical (unpaired) electrons. The number of anilines is 1. The Labute approximate surface area is 215 Å². The zero-order valence-corrected chi connectivity index (χ0v) is 20.6. The highest BCUT2D eigenvalue weighted by molar-refractivity contribution is 6.43. The summed E-state index contributed by atoms with van der Waals surface area (Å²) in [5, 5.41) is 32.5. The quantitative estimate of drug-likeness (QED) is 0.0899. The van der Waals surface area contributed by atoms with E-state index in [2.05, 4.69) is 21.5 Å². The smallest absolute Gasteiger partial charge is 0.475 e. The summed E-state index contributed by atoms with van der Waals surface area (Å²) in [5.41, 5.74) is 5.96. The number of carbonyl (C=O) groups is 5. The first-order chi connectivity index (χ1) is 17.7. The molecule has 1 heterocycles. The zero-order chi connectivity index (χ0) is 27.2. The summed E-state index contributed by atoms with van der Waals surface area (Å²) in [5.74, 6) is -3.04. The van der Waals surface area contributed by atoms with E-state index in [1.807, 2.05) is 0 Å². The summed E-state index contributed by atoms with van der Waals surface area (Å²) in [4.78, 5) is 60.2. The molecular weight excluding hydrogens is 485 g/mol. The molecule has 2 rings (SSSR count). The first kappa shape index (κ1) is 29.6. The van der Waals surface area contributed by atoms with Crippen LogP contribution in [-0.4, -0.2) is 82.3 Å². The number of aliphatic carboxylic acids is 1. The molecule has 202 valence electrons. The maximum Gasteiger partial charge on any atom is 0.475 e. The second kappa shape index (κ2) is 15.5. The molecule has 1 aliphatic heterocycles. The molecule has 37 heavy (non-hydrogen) atoms. The van der Waals surface area contributed by atoms with Crippen molar-refractivity contribution in [1.29, 1.82) is 0 Å². The minimum Gasteiger partial charge on any atom is -0.481 e. The van der Waals surface area contributed by atoms with Gasteiger partial charge in [-0.3, -0.25) is 34.8 Å². The highest BCUT2D eigenvalue weighted by Gasteiger charge is 2.36. The van der Waals surface area contributed by atoms with E-state index in [4.69, 9.17) is 5.11 Å². The van der Waals surface area contributed by atoms with Gasteiger partial charge in [0.25, 0.3) is 5.91 Å². The minimum absolute atomic E-state index is 0.00983. The molecule has 0 bridgehead atoms. The van der Waals surface area contributed by atoms with Gasteiger partial charge >= 0.3 is 13.1 Å². The second-order valence-electron chi connectivity index (χ2n) is 8.70. The number of hydrogen-bond donors (Lipinski definition) is 7. The number of rotatable bonds is 15. The summed E-state index contributed by atoms with van der Waals surface area (Å²) < 4.78 is 0. The fourth-order valence-electron chi connectivity index (χ4n) is 3.80. The number of hydrazine groups is 1. The Morgan fingerprint density at radius 3 is 2.30 bits per heavy atom. The Morgan fingerprint density at radius 2 is 1.62 bits per heavy atom. The van der Waals surface area contributed by atoms with Crippen molar-refractivity contribution >= 4 is 42.4 Å². The van der Waals surface area contributed by atoms with E-state index in [0.717, 1.165) is 0 Å². The van der Waals surface area contributed by atoms with Gasteiger partial charge in [0.15, 0.2) is 0 Å². The Balaban J connectivity index is 1.63. The maximum absolute atomic E-state index is 12.3. The van der Waals surface area contributed by atoms with Crippen LogP contribution in [-0.2, 0) is 19.2 Å². The molecule has 1 atom stereocenters. The summed E-state index contributed by atoms with van der Waals surface area (Å²) in [6.45, 7) is 0.567. The molecule has 13 nitrogen and oxygen atoms in total. The maximum atomic E-state index is 12.3. The number of nitrogens with zero attached hydrogens (tertiary/aromatic N) is 1. The third-order valence-electron chi connectivity index (χ3n) is 5.83. The van der Waals surface area contributed by atoms with Crippen molar-refractivity contribution in [3.63, 3.8) is 0 Å². The summed E-state index contributed by atoms with van der Waals surface area (Å²) >= 11 is 0. The van der Waals surface area contributed by atoms with Gasteiger partial charge in [0, 0.05) is 37.9 Å². The van der Waals surface area contributed by atoms with Crippen LogP contribution in [0, 0.1) is 0 Å². The predicted molar refractivity (Wildman–Crippen MR) is 134 cm³/mol. The summed E-state index contributed by atoms with van der Waals surface area (Å²) in [6.07, 6.45) is 3.17. The van der Waals surface area contributed by atoms with E-state index >= 15 is 0 Å². The van der Waals surface area contributed by atoms with Gasteiger partial charge < -0.3 is 30.7 Å². The van der Waals surface area contributed by atoms with Gasteiger partial charge in [-0.05, 0) is 49.9 Å². The van der Waals surface area contributed by atoms with Crippen LogP contribution in [0.5, 0.6) is 0 Å². The second-order valence-corrected chi connectivity index (χ2v) is 8.70. The van der Waals surface area contributed by atoms with E-state index in [0.29, 0.717) is 56.4 Å². The van der Waals surface area contributed by atoms with Crippen molar-refractivity contribution < 1.29 is 39.1 Å².